The molecule has 0 saturated heterocycles. The number of ether oxygens (including phenoxy) is 1. The second-order valence-corrected chi connectivity index (χ2v) is 4.89. The third kappa shape index (κ3) is 3.08. The van der Waals surface area contributed by atoms with E-state index in [1.54, 1.807) is 18.4 Å². The molecule has 0 aliphatic rings. The van der Waals surface area contributed by atoms with Crippen LogP contribution in [0, 0.1) is 0 Å². The monoisotopic (exact) mass is 247 g/mol. The van der Waals surface area contributed by atoms with Crippen LogP contribution in [0.1, 0.15) is 16.5 Å². The van der Waals surface area contributed by atoms with Crippen molar-refractivity contribution in [2.45, 2.75) is 12.5 Å². The number of benzene rings is 1. The summed E-state index contributed by atoms with van der Waals surface area (Å²) in [5.41, 5.74) is 1.29. The number of hydrogen-bond acceptors (Lipinski definition) is 3. The van der Waals surface area contributed by atoms with Crippen molar-refractivity contribution in [1.82, 2.24) is 5.32 Å². The lowest BCUT2D eigenvalue weighted by Gasteiger charge is -2.15. The van der Waals surface area contributed by atoms with Gasteiger partial charge in [-0.25, -0.2) is 0 Å². The van der Waals surface area contributed by atoms with Gasteiger partial charge in [-0.2, -0.15) is 0 Å². The second kappa shape index (κ2) is 5.84. The van der Waals surface area contributed by atoms with E-state index < -0.39 is 0 Å². The second-order valence-electron chi connectivity index (χ2n) is 3.91. The molecule has 2 nitrogen and oxygen atoms in total. The zero-order chi connectivity index (χ0) is 12.1. The van der Waals surface area contributed by atoms with Crippen molar-refractivity contribution >= 4 is 11.3 Å². The highest BCUT2D eigenvalue weighted by molar-refractivity contribution is 7.10. The molecule has 0 radical (unpaired) electrons. The zero-order valence-corrected chi connectivity index (χ0v) is 11.0. The van der Waals surface area contributed by atoms with Crippen molar-refractivity contribution in [2.24, 2.45) is 0 Å². The van der Waals surface area contributed by atoms with E-state index in [1.165, 1.54) is 10.4 Å². The SMILES string of the molecule is CNC(Cc1cccc(OC)c1)c1cccs1. The molecule has 0 fully saturated rings. The first-order valence-corrected chi connectivity index (χ1v) is 6.55. The Bertz CT molecular complexity index is 453. The molecule has 1 aromatic carbocycles. The highest BCUT2D eigenvalue weighted by Crippen LogP contribution is 2.24. The van der Waals surface area contributed by atoms with Crippen molar-refractivity contribution < 1.29 is 4.74 Å². The summed E-state index contributed by atoms with van der Waals surface area (Å²) in [7, 11) is 3.71. The van der Waals surface area contributed by atoms with Crippen LogP contribution in [0.15, 0.2) is 41.8 Å². The molecule has 0 aliphatic heterocycles. The molecule has 0 bridgehead atoms. The fourth-order valence-corrected chi connectivity index (χ4v) is 2.71. The maximum atomic E-state index is 5.24. The Morgan fingerprint density at radius 2 is 2.18 bits per heavy atom. The summed E-state index contributed by atoms with van der Waals surface area (Å²) in [5.74, 6) is 0.920. The van der Waals surface area contributed by atoms with Crippen LogP contribution >= 0.6 is 11.3 Å². The number of thiophene rings is 1. The topological polar surface area (TPSA) is 21.3 Å². The fourth-order valence-electron chi connectivity index (χ4n) is 1.87. The highest BCUT2D eigenvalue weighted by Gasteiger charge is 2.11. The third-order valence-corrected chi connectivity index (χ3v) is 3.80. The van der Waals surface area contributed by atoms with Gasteiger partial charge in [0.05, 0.1) is 7.11 Å². The summed E-state index contributed by atoms with van der Waals surface area (Å²) < 4.78 is 5.24. The Kier molecular flexibility index (Phi) is 4.18. The van der Waals surface area contributed by atoms with Crippen LogP contribution in [0.2, 0.25) is 0 Å². The first-order chi connectivity index (χ1) is 8.33. The van der Waals surface area contributed by atoms with E-state index in [0.29, 0.717) is 6.04 Å². The number of hydrogen-bond donors (Lipinski definition) is 1. The minimum Gasteiger partial charge on any atom is -0.497 e. The Morgan fingerprint density at radius 3 is 2.82 bits per heavy atom. The van der Waals surface area contributed by atoms with Crippen molar-refractivity contribution in [2.75, 3.05) is 14.2 Å². The van der Waals surface area contributed by atoms with Gasteiger partial charge in [0.25, 0.3) is 0 Å². The molecule has 0 saturated carbocycles. The van der Waals surface area contributed by atoms with Gasteiger partial charge in [-0.05, 0) is 42.6 Å². The summed E-state index contributed by atoms with van der Waals surface area (Å²) in [5, 5.41) is 5.48. The maximum absolute atomic E-state index is 5.24. The summed E-state index contributed by atoms with van der Waals surface area (Å²) in [6.07, 6.45) is 0.980. The molecule has 0 aliphatic carbocycles. The van der Waals surface area contributed by atoms with Crippen LogP contribution in [0.4, 0.5) is 0 Å². The quantitative estimate of drug-likeness (QED) is 0.875. The van der Waals surface area contributed by atoms with Crippen molar-refractivity contribution in [3.8, 4) is 5.75 Å². The minimum absolute atomic E-state index is 0.377. The minimum atomic E-state index is 0.377. The van der Waals surface area contributed by atoms with Gasteiger partial charge in [0.2, 0.25) is 0 Å². The maximum Gasteiger partial charge on any atom is 0.119 e. The average molecular weight is 247 g/mol. The third-order valence-electron chi connectivity index (χ3n) is 2.81. The van der Waals surface area contributed by atoms with E-state index in [-0.39, 0.29) is 0 Å². The predicted molar refractivity (Wildman–Crippen MR) is 72.8 cm³/mol. The fraction of sp³-hybridized carbons (Fsp3) is 0.286. The molecular formula is C14H17NOS. The first-order valence-electron chi connectivity index (χ1n) is 5.67. The molecule has 2 rings (SSSR count). The van der Waals surface area contributed by atoms with Gasteiger partial charge in [0.1, 0.15) is 5.75 Å². The van der Waals surface area contributed by atoms with Crippen LogP contribution in [0.3, 0.4) is 0 Å². The van der Waals surface area contributed by atoms with Crippen LogP contribution in [-0.2, 0) is 6.42 Å². The molecule has 1 aromatic heterocycles. The normalized spacial score (nSPS) is 12.4. The van der Waals surface area contributed by atoms with E-state index >= 15 is 0 Å². The molecule has 1 N–H and O–H groups in total. The van der Waals surface area contributed by atoms with Crippen molar-refractivity contribution in [1.29, 1.82) is 0 Å². The molecule has 1 unspecified atom stereocenters. The molecule has 1 atom stereocenters. The number of nitrogens with one attached hydrogen (secondary N) is 1. The van der Waals surface area contributed by atoms with Gasteiger partial charge in [0.15, 0.2) is 0 Å². The molecule has 0 amide bonds. The first kappa shape index (κ1) is 12.1. The predicted octanol–water partition coefficient (Wildman–Crippen LogP) is 3.26. The average Bonchev–Trinajstić information content (AvgIpc) is 2.90. The van der Waals surface area contributed by atoms with Crippen molar-refractivity contribution in [3.05, 3.63) is 52.2 Å². The molecule has 90 valence electrons. The van der Waals surface area contributed by atoms with Crippen LogP contribution in [-0.4, -0.2) is 14.2 Å². The van der Waals surface area contributed by atoms with Crippen LogP contribution in [0.5, 0.6) is 5.75 Å². The lowest BCUT2D eigenvalue weighted by atomic mass is 10.0. The Balaban J connectivity index is 2.13. The van der Waals surface area contributed by atoms with Crippen molar-refractivity contribution in [3.63, 3.8) is 0 Å². The molecule has 3 heteroatoms. The molecular weight excluding hydrogens is 230 g/mol. The Hall–Kier alpha value is -1.32. The van der Waals surface area contributed by atoms with E-state index in [1.807, 2.05) is 19.2 Å². The van der Waals surface area contributed by atoms with E-state index in [4.69, 9.17) is 4.74 Å². The summed E-state index contributed by atoms with van der Waals surface area (Å²) in [6.45, 7) is 0. The standard InChI is InChI=1S/C14H17NOS/c1-15-13(14-7-4-8-17-14)10-11-5-3-6-12(9-11)16-2/h3-9,13,15H,10H2,1-2H3. The van der Waals surface area contributed by atoms with Crippen LogP contribution < -0.4 is 10.1 Å². The molecule has 0 spiro atoms. The Labute approximate surface area is 106 Å². The largest absolute Gasteiger partial charge is 0.497 e. The van der Waals surface area contributed by atoms with E-state index in [0.717, 1.165) is 12.2 Å². The molecule has 1 heterocycles. The number of methoxy groups -OCH3 is 1. The Morgan fingerprint density at radius 1 is 1.29 bits per heavy atom. The molecule has 17 heavy (non-hydrogen) atoms. The highest BCUT2D eigenvalue weighted by atomic mass is 32.1. The van der Waals surface area contributed by atoms with E-state index in [2.05, 4.69) is 35.0 Å². The van der Waals surface area contributed by atoms with Gasteiger partial charge >= 0.3 is 0 Å². The zero-order valence-electron chi connectivity index (χ0n) is 10.1. The van der Waals surface area contributed by atoms with Gasteiger partial charge < -0.3 is 10.1 Å². The lowest BCUT2D eigenvalue weighted by Crippen LogP contribution is -2.17. The van der Waals surface area contributed by atoms with Gasteiger partial charge in [-0.15, -0.1) is 11.3 Å². The number of rotatable bonds is 5. The summed E-state index contributed by atoms with van der Waals surface area (Å²) in [6, 6.07) is 12.9. The van der Waals surface area contributed by atoms with Gasteiger partial charge in [-0.3, -0.25) is 0 Å². The van der Waals surface area contributed by atoms with Gasteiger partial charge in [0, 0.05) is 10.9 Å². The van der Waals surface area contributed by atoms with Gasteiger partial charge in [-0.1, -0.05) is 18.2 Å². The summed E-state index contributed by atoms with van der Waals surface area (Å²) >= 11 is 1.79. The lowest BCUT2D eigenvalue weighted by molar-refractivity contribution is 0.414. The number of likely N-dealkylation sites (N-methyl/N-ethyl adjacent to an activating group) is 1. The van der Waals surface area contributed by atoms with E-state index in [9.17, 15) is 0 Å². The van der Waals surface area contributed by atoms with Crippen LogP contribution in [0.25, 0.3) is 0 Å². The summed E-state index contributed by atoms with van der Waals surface area (Å²) in [4.78, 5) is 1.37. The molecule has 2 aromatic rings. The smallest absolute Gasteiger partial charge is 0.119 e.